The summed E-state index contributed by atoms with van der Waals surface area (Å²) in [5.74, 6) is 8.49. The van der Waals surface area contributed by atoms with E-state index in [9.17, 15) is 10.2 Å². The van der Waals surface area contributed by atoms with E-state index in [1.54, 1.807) is 0 Å². The van der Waals surface area contributed by atoms with Gasteiger partial charge >= 0.3 is 0 Å². The van der Waals surface area contributed by atoms with Crippen molar-refractivity contribution in [2.75, 3.05) is 0 Å². The number of aliphatic hydroxyl groups is 2. The Hall–Kier alpha value is -1.56. The van der Waals surface area contributed by atoms with Crippen LogP contribution in [0, 0.1) is 40.4 Å². The Labute approximate surface area is 175 Å². The largest absolute Gasteiger partial charge is 0.393 e. The van der Waals surface area contributed by atoms with Crippen molar-refractivity contribution in [2.45, 2.75) is 76.9 Å². The molecule has 1 aromatic carbocycles. The molecule has 2 N–H and O–H groups in total. The van der Waals surface area contributed by atoms with Crippen molar-refractivity contribution in [3.63, 3.8) is 0 Å². The standard InChI is InChI=1S/C27H34O2/c1-25-14-11-21(28)18-20(25)8-9-22-23(25)12-15-26(2)24(22)13-17-27(26,29)16-10-19-6-4-3-5-7-19/h3-8,21-24,28-29H,9,11-15,17-18H2,1-2H3/t21-,22-,23-,24+,25-,26-,27-/m0/s1. The van der Waals surface area contributed by atoms with Crippen LogP contribution in [0.4, 0.5) is 0 Å². The lowest BCUT2D eigenvalue weighted by Crippen LogP contribution is -2.54. The lowest BCUT2D eigenvalue weighted by Gasteiger charge is -2.58. The van der Waals surface area contributed by atoms with E-state index in [0.29, 0.717) is 17.8 Å². The van der Waals surface area contributed by atoms with Crippen LogP contribution < -0.4 is 0 Å². The Morgan fingerprint density at radius 2 is 1.72 bits per heavy atom. The highest BCUT2D eigenvalue weighted by Gasteiger charge is 2.63. The zero-order chi connectivity index (χ0) is 20.3. The van der Waals surface area contributed by atoms with Crippen LogP contribution in [-0.4, -0.2) is 21.9 Å². The molecule has 4 aliphatic rings. The molecule has 0 amide bonds. The van der Waals surface area contributed by atoms with Crippen molar-refractivity contribution < 1.29 is 10.2 Å². The van der Waals surface area contributed by atoms with Crippen molar-refractivity contribution in [3.05, 3.63) is 47.5 Å². The number of hydrogen-bond donors (Lipinski definition) is 2. The molecule has 29 heavy (non-hydrogen) atoms. The molecule has 0 aliphatic heterocycles. The van der Waals surface area contributed by atoms with Crippen LogP contribution in [0.2, 0.25) is 0 Å². The van der Waals surface area contributed by atoms with Crippen molar-refractivity contribution in [2.24, 2.45) is 28.6 Å². The van der Waals surface area contributed by atoms with Crippen LogP contribution in [0.1, 0.15) is 70.8 Å². The molecular formula is C27H34O2. The molecule has 3 saturated carbocycles. The second-order valence-electron chi connectivity index (χ2n) is 10.6. The van der Waals surface area contributed by atoms with Gasteiger partial charge in [0.05, 0.1) is 6.10 Å². The van der Waals surface area contributed by atoms with Gasteiger partial charge < -0.3 is 10.2 Å². The molecule has 0 spiro atoms. The Morgan fingerprint density at radius 1 is 0.966 bits per heavy atom. The van der Waals surface area contributed by atoms with Gasteiger partial charge in [-0.15, -0.1) is 0 Å². The summed E-state index contributed by atoms with van der Waals surface area (Å²) in [6, 6.07) is 10.1. The van der Waals surface area contributed by atoms with Gasteiger partial charge in [-0.25, -0.2) is 0 Å². The molecule has 3 fully saturated rings. The summed E-state index contributed by atoms with van der Waals surface area (Å²) >= 11 is 0. The van der Waals surface area contributed by atoms with Gasteiger partial charge in [0.25, 0.3) is 0 Å². The van der Waals surface area contributed by atoms with E-state index in [1.165, 1.54) is 12.0 Å². The molecular weight excluding hydrogens is 356 g/mol. The third-order valence-electron chi connectivity index (χ3n) is 9.42. The zero-order valence-electron chi connectivity index (χ0n) is 17.8. The topological polar surface area (TPSA) is 40.5 Å². The molecule has 0 saturated heterocycles. The summed E-state index contributed by atoms with van der Waals surface area (Å²) < 4.78 is 0. The van der Waals surface area contributed by atoms with Crippen molar-refractivity contribution in [1.82, 2.24) is 0 Å². The van der Waals surface area contributed by atoms with Crippen molar-refractivity contribution in [1.29, 1.82) is 0 Å². The van der Waals surface area contributed by atoms with Gasteiger partial charge in [0.2, 0.25) is 0 Å². The maximum atomic E-state index is 11.7. The van der Waals surface area contributed by atoms with Crippen LogP contribution in [0.5, 0.6) is 0 Å². The first-order valence-electron chi connectivity index (χ1n) is 11.5. The fourth-order valence-electron chi connectivity index (χ4n) is 7.56. The molecule has 0 radical (unpaired) electrons. The van der Waals surface area contributed by atoms with Gasteiger partial charge in [-0.05, 0) is 86.7 Å². The van der Waals surface area contributed by atoms with Gasteiger partial charge in [0.1, 0.15) is 5.60 Å². The van der Waals surface area contributed by atoms with Gasteiger partial charge in [-0.2, -0.15) is 0 Å². The predicted octanol–water partition coefficient (Wildman–Crippen LogP) is 5.09. The normalized spacial score (nSPS) is 45.9. The summed E-state index contributed by atoms with van der Waals surface area (Å²) in [4.78, 5) is 0. The Morgan fingerprint density at radius 3 is 2.52 bits per heavy atom. The summed E-state index contributed by atoms with van der Waals surface area (Å²) in [5, 5.41) is 21.9. The lowest BCUT2D eigenvalue weighted by atomic mass is 9.47. The Bertz CT molecular complexity index is 877. The number of fused-ring (bicyclic) bond motifs is 5. The fraction of sp³-hybridized carbons (Fsp3) is 0.630. The zero-order valence-corrected chi connectivity index (χ0v) is 17.8. The SMILES string of the molecule is C[C@]12CC[C@H](O)CC1=CC[C@@H]1[C@H]3CC[C@@](O)(C#Cc4ccccc4)[C@@]3(C)CC[C@@H]12. The van der Waals surface area contributed by atoms with Crippen LogP contribution in [-0.2, 0) is 0 Å². The van der Waals surface area contributed by atoms with E-state index in [0.717, 1.165) is 50.5 Å². The van der Waals surface area contributed by atoms with Gasteiger partial charge in [0, 0.05) is 11.0 Å². The summed E-state index contributed by atoms with van der Waals surface area (Å²) in [7, 11) is 0. The number of hydrogen-bond acceptors (Lipinski definition) is 2. The van der Waals surface area contributed by atoms with Crippen molar-refractivity contribution >= 4 is 0 Å². The molecule has 0 bridgehead atoms. The first-order chi connectivity index (χ1) is 13.9. The maximum absolute atomic E-state index is 11.7. The molecule has 0 heterocycles. The Balaban J connectivity index is 1.45. The molecule has 2 heteroatoms. The van der Waals surface area contributed by atoms with Crippen LogP contribution >= 0.6 is 0 Å². The van der Waals surface area contributed by atoms with Crippen molar-refractivity contribution in [3.8, 4) is 11.8 Å². The molecule has 5 rings (SSSR count). The maximum Gasteiger partial charge on any atom is 0.131 e. The summed E-state index contributed by atoms with van der Waals surface area (Å²) in [5.41, 5.74) is 1.75. The smallest absolute Gasteiger partial charge is 0.131 e. The molecule has 154 valence electrons. The van der Waals surface area contributed by atoms with Crippen LogP contribution in [0.25, 0.3) is 0 Å². The number of allylic oxidation sites excluding steroid dienone is 1. The van der Waals surface area contributed by atoms with Gasteiger partial charge in [-0.3, -0.25) is 0 Å². The lowest BCUT2D eigenvalue weighted by molar-refractivity contribution is -0.0970. The molecule has 4 aliphatic carbocycles. The third kappa shape index (κ3) is 2.85. The Kier molecular flexibility index (Phi) is 4.50. The third-order valence-corrected chi connectivity index (χ3v) is 9.42. The molecule has 7 atom stereocenters. The van der Waals surface area contributed by atoms with E-state index in [4.69, 9.17) is 0 Å². The van der Waals surface area contributed by atoms with Gasteiger partial charge in [-0.1, -0.05) is 55.5 Å². The van der Waals surface area contributed by atoms with Crippen LogP contribution in [0.15, 0.2) is 42.0 Å². The number of rotatable bonds is 0. The van der Waals surface area contributed by atoms with E-state index < -0.39 is 5.60 Å². The second kappa shape index (κ2) is 6.73. The predicted molar refractivity (Wildman–Crippen MR) is 116 cm³/mol. The number of benzene rings is 1. The molecule has 0 aromatic heterocycles. The van der Waals surface area contributed by atoms with Crippen LogP contribution in [0.3, 0.4) is 0 Å². The van der Waals surface area contributed by atoms with E-state index in [2.05, 4.69) is 31.8 Å². The summed E-state index contributed by atoms with van der Waals surface area (Å²) in [6.45, 7) is 4.77. The number of aliphatic hydroxyl groups excluding tert-OH is 1. The molecule has 1 aromatic rings. The quantitative estimate of drug-likeness (QED) is 0.478. The average Bonchev–Trinajstić information content (AvgIpc) is 2.99. The van der Waals surface area contributed by atoms with E-state index in [1.807, 2.05) is 30.3 Å². The summed E-state index contributed by atoms with van der Waals surface area (Å²) in [6.07, 6.45) is 10.5. The first-order valence-corrected chi connectivity index (χ1v) is 11.5. The monoisotopic (exact) mass is 390 g/mol. The first kappa shape index (κ1) is 19.4. The minimum atomic E-state index is -0.883. The molecule has 0 unspecified atom stereocenters. The highest BCUT2D eigenvalue weighted by atomic mass is 16.3. The minimum Gasteiger partial charge on any atom is -0.393 e. The highest BCUT2D eigenvalue weighted by Crippen LogP contribution is 2.67. The fourth-order valence-corrected chi connectivity index (χ4v) is 7.56. The van der Waals surface area contributed by atoms with E-state index >= 15 is 0 Å². The van der Waals surface area contributed by atoms with E-state index in [-0.39, 0.29) is 16.9 Å². The highest BCUT2D eigenvalue weighted by molar-refractivity contribution is 5.38. The average molecular weight is 391 g/mol. The second-order valence-corrected chi connectivity index (χ2v) is 10.6. The molecule has 2 nitrogen and oxygen atoms in total. The minimum absolute atomic E-state index is 0.119. The van der Waals surface area contributed by atoms with Gasteiger partial charge in [0.15, 0.2) is 0 Å².